The lowest BCUT2D eigenvalue weighted by Gasteiger charge is -2.31. The van der Waals surface area contributed by atoms with Gasteiger partial charge in [0.15, 0.2) is 0 Å². The van der Waals surface area contributed by atoms with Crippen LogP contribution in [0.15, 0.2) is 48.5 Å². The number of nitrogens with one attached hydrogen (secondary N) is 1. The molecule has 0 radical (unpaired) electrons. The van der Waals surface area contributed by atoms with Crippen LogP contribution in [0.2, 0.25) is 0 Å². The summed E-state index contributed by atoms with van der Waals surface area (Å²) in [4.78, 5) is 13.5. The summed E-state index contributed by atoms with van der Waals surface area (Å²) in [6.07, 6.45) is 4.55. The van der Waals surface area contributed by atoms with Gasteiger partial charge >= 0.3 is 0 Å². The molecule has 1 aromatic heterocycles. The molecular formula is C29H35N3O. The van der Waals surface area contributed by atoms with Crippen molar-refractivity contribution >= 4 is 22.5 Å². The summed E-state index contributed by atoms with van der Waals surface area (Å²) in [5, 5.41) is 4.65. The number of piperidine rings is 1. The highest BCUT2D eigenvalue weighted by atomic mass is 16.2. The van der Waals surface area contributed by atoms with Crippen molar-refractivity contribution in [2.75, 3.05) is 25.0 Å². The number of hydrogen-bond donors (Lipinski definition) is 1. The molecule has 4 nitrogen and oxygen atoms in total. The van der Waals surface area contributed by atoms with Crippen LogP contribution in [0.25, 0.3) is 10.9 Å². The average molecular weight is 442 g/mol. The highest BCUT2D eigenvalue weighted by molar-refractivity contribution is 5.83. The Morgan fingerprint density at radius 3 is 2.55 bits per heavy atom. The summed E-state index contributed by atoms with van der Waals surface area (Å²) in [6, 6.07) is 17.5. The Bertz CT molecular complexity index is 1160. The Morgan fingerprint density at radius 2 is 1.85 bits per heavy atom. The number of likely N-dealkylation sites (tertiary alicyclic amines) is 1. The largest absolute Gasteiger partial charge is 0.374 e. The standard InChI is InChI=1S/C29H35N3O/c1-4-32-28(6-5-17-30-27-12-7-22(2)8-13-27)21-26-20-25(11-14-29(26)32)10-9-24-15-18-31(19-16-24)23(3)33/h7-8,11-14,20-21,24,30H,4,9-10,15-19H2,1-3H3. The van der Waals surface area contributed by atoms with E-state index in [-0.39, 0.29) is 5.91 Å². The first-order valence-electron chi connectivity index (χ1n) is 12.2. The van der Waals surface area contributed by atoms with Gasteiger partial charge in [0.05, 0.1) is 12.2 Å². The van der Waals surface area contributed by atoms with Gasteiger partial charge in [0.1, 0.15) is 0 Å². The third kappa shape index (κ3) is 5.79. The number of aryl methyl sites for hydroxylation is 3. The minimum atomic E-state index is 0.212. The molecule has 4 rings (SSSR count). The quantitative estimate of drug-likeness (QED) is 0.504. The molecule has 1 aliphatic rings. The number of nitrogens with zero attached hydrogens (tertiary/aromatic N) is 2. The highest BCUT2D eigenvalue weighted by Crippen LogP contribution is 2.25. The van der Waals surface area contributed by atoms with Crippen molar-refractivity contribution in [1.29, 1.82) is 0 Å². The van der Waals surface area contributed by atoms with Crippen LogP contribution < -0.4 is 5.32 Å². The van der Waals surface area contributed by atoms with E-state index in [1.807, 2.05) is 4.90 Å². The molecular weight excluding hydrogens is 406 g/mol. The van der Waals surface area contributed by atoms with Crippen molar-refractivity contribution in [3.05, 3.63) is 65.4 Å². The second kappa shape index (κ2) is 10.6. The van der Waals surface area contributed by atoms with Crippen molar-refractivity contribution in [2.45, 2.75) is 53.0 Å². The molecule has 33 heavy (non-hydrogen) atoms. The zero-order valence-electron chi connectivity index (χ0n) is 20.2. The van der Waals surface area contributed by atoms with Crippen LogP contribution in [0.1, 0.15) is 49.9 Å². The van der Waals surface area contributed by atoms with Crippen LogP contribution in [0.4, 0.5) is 5.69 Å². The van der Waals surface area contributed by atoms with E-state index in [4.69, 9.17) is 0 Å². The Balaban J connectivity index is 1.38. The van der Waals surface area contributed by atoms with Crippen molar-refractivity contribution in [2.24, 2.45) is 5.92 Å². The van der Waals surface area contributed by atoms with Gasteiger partial charge in [0, 0.05) is 43.1 Å². The molecule has 0 atom stereocenters. The van der Waals surface area contributed by atoms with Gasteiger partial charge in [0.2, 0.25) is 5.91 Å². The van der Waals surface area contributed by atoms with Gasteiger partial charge in [-0.3, -0.25) is 4.79 Å². The zero-order chi connectivity index (χ0) is 23.2. The van der Waals surface area contributed by atoms with E-state index in [0.717, 1.165) is 56.2 Å². The lowest BCUT2D eigenvalue weighted by Crippen LogP contribution is -2.37. The molecule has 0 unspecified atom stereocenters. The number of aromatic nitrogens is 1. The minimum absolute atomic E-state index is 0.212. The van der Waals surface area contributed by atoms with E-state index in [1.54, 1.807) is 6.92 Å². The van der Waals surface area contributed by atoms with Crippen LogP contribution in [-0.4, -0.2) is 35.0 Å². The van der Waals surface area contributed by atoms with E-state index in [0.29, 0.717) is 6.54 Å². The molecule has 1 aliphatic heterocycles. The molecule has 172 valence electrons. The molecule has 1 saturated heterocycles. The molecule has 0 aliphatic carbocycles. The van der Waals surface area contributed by atoms with E-state index in [1.165, 1.54) is 28.5 Å². The second-order valence-corrected chi connectivity index (χ2v) is 9.18. The van der Waals surface area contributed by atoms with Gasteiger partial charge in [-0.1, -0.05) is 29.7 Å². The first kappa shape index (κ1) is 23.0. The lowest BCUT2D eigenvalue weighted by atomic mass is 9.90. The van der Waals surface area contributed by atoms with Crippen LogP contribution in [-0.2, 0) is 17.8 Å². The first-order chi connectivity index (χ1) is 16.0. The van der Waals surface area contributed by atoms with Gasteiger partial charge in [-0.15, -0.1) is 0 Å². The van der Waals surface area contributed by atoms with Crippen LogP contribution in [0.3, 0.4) is 0 Å². The molecule has 2 heterocycles. The number of rotatable bonds is 6. The highest BCUT2D eigenvalue weighted by Gasteiger charge is 2.20. The molecule has 1 amide bonds. The van der Waals surface area contributed by atoms with Crippen molar-refractivity contribution < 1.29 is 4.79 Å². The van der Waals surface area contributed by atoms with E-state index in [9.17, 15) is 4.79 Å². The van der Waals surface area contributed by atoms with Crippen molar-refractivity contribution in [1.82, 2.24) is 9.47 Å². The molecule has 0 spiro atoms. The van der Waals surface area contributed by atoms with Crippen molar-refractivity contribution in [3.63, 3.8) is 0 Å². The Morgan fingerprint density at radius 1 is 1.09 bits per heavy atom. The van der Waals surface area contributed by atoms with Gasteiger partial charge in [-0.05, 0) is 87.3 Å². The van der Waals surface area contributed by atoms with Crippen LogP contribution in [0, 0.1) is 24.7 Å². The third-order valence-electron chi connectivity index (χ3n) is 6.83. The number of amides is 1. The van der Waals surface area contributed by atoms with Crippen LogP contribution in [0.5, 0.6) is 0 Å². The minimum Gasteiger partial charge on any atom is -0.374 e. The fourth-order valence-corrected chi connectivity index (χ4v) is 4.78. The van der Waals surface area contributed by atoms with Crippen LogP contribution >= 0.6 is 0 Å². The zero-order valence-corrected chi connectivity index (χ0v) is 20.2. The molecule has 3 aromatic rings. The molecule has 2 aromatic carbocycles. The predicted octanol–water partition coefficient (Wildman–Crippen LogP) is 5.62. The Labute approximate surface area is 198 Å². The number of carbonyl (C=O) groups excluding carboxylic acids is 1. The Hall–Kier alpha value is -3.19. The summed E-state index contributed by atoms with van der Waals surface area (Å²) >= 11 is 0. The summed E-state index contributed by atoms with van der Waals surface area (Å²) in [7, 11) is 0. The smallest absolute Gasteiger partial charge is 0.219 e. The van der Waals surface area contributed by atoms with E-state index in [2.05, 4.69) is 84.1 Å². The number of anilines is 1. The SMILES string of the molecule is CCn1c(C#CCNc2ccc(C)cc2)cc2cc(CCC3CCN(C(C)=O)CC3)ccc21. The Kier molecular flexibility index (Phi) is 7.40. The van der Waals surface area contributed by atoms with E-state index < -0.39 is 0 Å². The number of hydrogen-bond acceptors (Lipinski definition) is 2. The molecule has 0 bridgehead atoms. The fourth-order valence-electron chi connectivity index (χ4n) is 4.78. The molecule has 0 saturated carbocycles. The topological polar surface area (TPSA) is 37.3 Å². The first-order valence-corrected chi connectivity index (χ1v) is 12.2. The summed E-state index contributed by atoms with van der Waals surface area (Å²) in [6.45, 7) is 9.32. The van der Waals surface area contributed by atoms with Gasteiger partial charge in [-0.2, -0.15) is 0 Å². The maximum absolute atomic E-state index is 11.5. The number of fused-ring (bicyclic) bond motifs is 1. The average Bonchev–Trinajstić information content (AvgIpc) is 3.18. The summed E-state index contributed by atoms with van der Waals surface area (Å²) < 4.78 is 2.30. The molecule has 1 N–H and O–H groups in total. The molecule has 4 heteroatoms. The maximum atomic E-state index is 11.5. The monoisotopic (exact) mass is 441 g/mol. The fraction of sp³-hybridized carbons (Fsp3) is 0.414. The van der Waals surface area contributed by atoms with Gasteiger partial charge < -0.3 is 14.8 Å². The molecule has 1 fully saturated rings. The van der Waals surface area contributed by atoms with Gasteiger partial charge in [0.25, 0.3) is 0 Å². The van der Waals surface area contributed by atoms with Crippen molar-refractivity contribution in [3.8, 4) is 11.8 Å². The summed E-state index contributed by atoms with van der Waals surface area (Å²) in [5.74, 6) is 7.59. The van der Waals surface area contributed by atoms with Gasteiger partial charge in [-0.25, -0.2) is 0 Å². The maximum Gasteiger partial charge on any atom is 0.219 e. The summed E-state index contributed by atoms with van der Waals surface area (Å²) in [5.41, 5.74) is 6.09. The lowest BCUT2D eigenvalue weighted by molar-refractivity contribution is -0.130. The van der Waals surface area contributed by atoms with E-state index >= 15 is 0 Å². The number of carbonyl (C=O) groups is 1. The number of benzene rings is 2. The second-order valence-electron chi connectivity index (χ2n) is 9.18. The third-order valence-corrected chi connectivity index (χ3v) is 6.83. The normalized spacial score (nSPS) is 14.2. The predicted molar refractivity (Wildman–Crippen MR) is 137 cm³/mol.